The smallest absolute Gasteiger partial charge is 0.411 e. The molecule has 0 aliphatic heterocycles. The first-order valence-electron chi connectivity index (χ1n) is 9.39. The standard InChI is InChI=1S/C21H20N2O8S/c1-3-29-21(26)23-15-6-7-16-14(9-19(24)31-17(16)10-15)11-30-20(25)13-5-4-12(2)18(8-13)32(22,27)28/h4-10H,3,11H2,1-2H3,(H,23,26)(H2,22,27,28). The monoisotopic (exact) mass is 460 g/mol. The normalized spacial score (nSPS) is 11.2. The Morgan fingerprint density at radius 1 is 1.09 bits per heavy atom. The van der Waals surface area contributed by atoms with Gasteiger partial charge in [0.25, 0.3) is 0 Å². The van der Waals surface area contributed by atoms with Crippen molar-refractivity contribution in [1.82, 2.24) is 0 Å². The number of nitrogens with two attached hydrogens (primary N) is 1. The van der Waals surface area contributed by atoms with Gasteiger partial charge in [-0.05, 0) is 43.7 Å². The molecule has 3 N–H and O–H groups in total. The molecule has 3 rings (SSSR count). The molecule has 11 heteroatoms. The zero-order chi connectivity index (χ0) is 23.5. The molecule has 0 spiro atoms. The lowest BCUT2D eigenvalue weighted by molar-refractivity contribution is 0.0473. The number of esters is 1. The van der Waals surface area contributed by atoms with E-state index >= 15 is 0 Å². The van der Waals surface area contributed by atoms with Gasteiger partial charge in [-0.3, -0.25) is 5.32 Å². The van der Waals surface area contributed by atoms with Crippen LogP contribution in [0.2, 0.25) is 0 Å². The summed E-state index contributed by atoms with van der Waals surface area (Å²) in [7, 11) is -4.01. The molecule has 1 aromatic heterocycles. The number of carbonyl (C=O) groups is 2. The van der Waals surface area contributed by atoms with Crippen LogP contribution in [-0.2, 0) is 26.1 Å². The highest BCUT2D eigenvalue weighted by molar-refractivity contribution is 7.89. The largest absolute Gasteiger partial charge is 0.457 e. The first kappa shape index (κ1) is 23.0. The summed E-state index contributed by atoms with van der Waals surface area (Å²) < 4.78 is 38.6. The van der Waals surface area contributed by atoms with E-state index in [0.29, 0.717) is 22.2 Å². The van der Waals surface area contributed by atoms with Gasteiger partial charge in [-0.2, -0.15) is 0 Å². The second-order valence-corrected chi connectivity index (χ2v) is 8.28. The number of hydrogen-bond acceptors (Lipinski definition) is 8. The van der Waals surface area contributed by atoms with E-state index in [1.807, 2.05) is 0 Å². The van der Waals surface area contributed by atoms with Crippen LogP contribution in [0.4, 0.5) is 10.5 Å². The van der Waals surface area contributed by atoms with E-state index in [1.54, 1.807) is 26.0 Å². The zero-order valence-electron chi connectivity index (χ0n) is 17.2. The van der Waals surface area contributed by atoms with Crippen molar-refractivity contribution in [3.63, 3.8) is 0 Å². The third kappa shape index (κ3) is 5.31. The molecule has 1 amide bonds. The van der Waals surface area contributed by atoms with Gasteiger partial charge in [0.15, 0.2) is 0 Å². The lowest BCUT2D eigenvalue weighted by atomic mass is 10.1. The molecule has 2 aromatic carbocycles. The molecular formula is C21H20N2O8S. The Bertz CT molecular complexity index is 1360. The van der Waals surface area contributed by atoms with Crippen molar-refractivity contribution < 1.29 is 31.9 Å². The van der Waals surface area contributed by atoms with Crippen LogP contribution in [-0.4, -0.2) is 27.1 Å². The van der Waals surface area contributed by atoms with Crippen LogP contribution in [0.1, 0.15) is 28.4 Å². The van der Waals surface area contributed by atoms with Gasteiger partial charge in [-0.25, -0.2) is 27.9 Å². The summed E-state index contributed by atoms with van der Waals surface area (Å²) >= 11 is 0. The Morgan fingerprint density at radius 3 is 2.53 bits per heavy atom. The van der Waals surface area contributed by atoms with Crippen LogP contribution < -0.4 is 16.1 Å². The maximum atomic E-state index is 12.4. The highest BCUT2D eigenvalue weighted by atomic mass is 32.2. The molecule has 168 valence electrons. The Kier molecular flexibility index (Phi) is 6.61. The van der Waals surface area contributed by atoms with Crippen LogP contribution in [0, 0.1) is 6.92 Å². The molecule has 10 nitrogen and oxygen atoms in total. The Balaban J connectivity index is 1.84. The van der Waals surface area contributed by atoms with E-state index in [0.717, 1.165) is 6.07 Å². The molecule has 0 saturated carbocycles. The van der Waals surface area contributed by atoms with Gasteiger partial charge in [0, 0.05) is 28.8 Å². The number of amides is 1. The van der Waals surface area contributed by atoms with Crippen LogP contribution >= 0.6 is 0 Å². The summed E-state index contributed by atoms with van der Waals surface area (Å²) in [6.45, 7) is 3.14. The van der Waals surface area contributed by atoms with E-state index in [4.69, 9.17) is 19.0 Å². The van der Waals surface area contributed by atoms with E-state index in [1.165, 1.54) is 24.3 Å². The summed E-state index contributed by atoms with van der Waals surface area (Å²) in [5, 5.41) is 8.16. The molecule has 0 radical (unpaired) electrons. The van der Waals surface area contributed by atoms with E-state index in [-0.39, 0.29) is 29.3 Å². The molecule has 0 aliphatic rings. The average Bonchev–Trinajstić information content (AvgIpc) is 2.71. The van der Waals surface area contributed by atoms with Crippen LogP contribution in [0.25, 0.3) is 11.0 Å². The lowest BCUT2D eigenvalue weighted by Crippen LogP contribution is -2.15. The average molecular weight is 460 g/mol. The molecule has 1 heterocycles. The fourth-order valence-electron chi connectivity index (χ4n) is 2.97. The first-order valence-corrected chi connectivity index (χ1v) is 10.9. The number of carbonyl (C=O) groups excluding carboxylic acids is 2. The van der Waals surface area contributed by atoms with Crippen LogP contribution in [0.3, 0.4) is 0 Å². The van der Waals surface area contributed by atoms with E-state index in [2.05, 4.69) is 5.32 Å². The highest BCUT2D eigenvalue weighted by Crippen LogP contribution is 2.23. The minimum absolute atomic E-state index is 0.00665. The van der Waals surface area contributed by atoms with Gasteiger partial charge >= 0.3 is 17.7 Å². The van der Waals surface area contributed by atoms with Crippen LogP contribution in [0.15, 0.2) is 56.6 Å². The molecule has 0 unspecified atom stereocenters. The summed E-state index contributed by atoms with van der Waals surface area (Å²) in [4.78, 5) is 35.8. The number of benzene rings is 2. The van der Waals surface area contributed by atoms with Gasteiger partial charge in [0.05, 0.1) is 17.1 Å². The number of ether oxygens (including phenoxy) is 2. The molecular weight excluding hydrogens is 440 g/mol. The molecule has 0 bridgehead atoms. The molecule has 0 saturated heterocycles. The first-order chi connectivity index (χ1) is 15.1. The summed E-state index contributed by atoms with van der Waals surface area (Å²) in [5.41, 5.74) is 0.596. The van der Waals surface area contributed by atoms with Crippen molar-refractivity contribution in [2.24, 2.45) is 5.14 Å². The number of fused-ring (bicyclic) bond motifs is 1. The van der Waals surface area contributed by atoms with E-state index < -0.39 is 27.7 Å². The predicted octanol–water partition coefficient (Wildman–Crippen LogP) is 2.67. The molecule has 3 aromatic rings. The second kappa shape index (κ2) is 9.20. The molecule has 0 aliphatic carbocycles. The van der Waals surface area contributed by atoms with Crippen molar-refractivity contribution in [2.75, 3.05) is 11.9 Å². The van der Waals surface area contributed by atoms with Crippen molar-refractivity contribution >= 4 is 38.7 Å². The third-order valence-corrected chi connectivity index (χ3v) is 5.49. The number of primary sulfonamides is 1. The number of aryl methyl sites for hydroxylation is 1. The van der Waals surface area contributed by atoms with E-state index in [9.17, 15) is 22.8 Å². The van der Waals surface area contributed by atoms with Crippen molar-refractivity contribution in [2.45, 2.75) is 25.3 Å². The van der Waals surface area contributed by atoms with Gasteiger partial charge in [-0.1, -0.05) is 6.07 Å². The zero-order valence-corrected chi connectivity index (χ0v) is 18.0. The topological polar surface area (TPSA) is 155 Å². The van der Waals surface area contributed by atoms with Crippen LogP contribution in [0.5, 0.6) is 0 Å². The molecule has 32 heavy (non-hydrogen) atoms. The fourth-order valence-corrected chi connectivity index (χ4v) is 3.78. The van der Waals surface area contributed by atoms with Gasteiger partial charge in [-0.15, -0.1) is 0 Å². The van der Waals surface area contributed by atoms with Crippen molar-refractivity contribution in [1.29, 1.82) is 0 Å². The highest BCUT2D eigenvalue weighted by Gasteiger charge is 2.17. The van der Waals surface area contributed by atoms with Gasteiger partial charge in [0.1, 0.15) is 12.2 Å². The summed E-state index contributed by atoms with van der Waals surface area (Å²) in [6.07, 6.45) is -0.656. The van der Waals surface area contributed by atoms with Crippen molar-refractivity contribution in [3.05, 3.63) is 69.6 Å². The maximum Gasteiger partial charge on any atom is 0.411 e. The minimum atomic E-state index is -4.01. The fraction of sp³-hybridized carbons (Fsp3) is 0.190. The number of nitrogens with one attached hydrogen (secondary N) is 1. The lowest BCUT2D eigenvalue weighted by Gasteiger charge is -2.10. The molecule has 0 atom stereocenters. The number of rotatable bonds is 6. The number of hydrogen-bond donors (Lipinski definition) is 2. The Hall–Kier alpha value is -3.70. The number of sulfonamides is 1. The quantitative estimate of drug-likeness (QED) is 0.420. The summed E-state index contributed by atoms with van der Waals surface area (Å²) in [6, 6.07) is 9.78. The van der Waals surface area contributed by atoms with Crippen molar-refractivity contribution in [3.8, 4) is 0 Å². The van der Waals surface area contributed by atoms with Gasteiger partial charge in [0.2, 0.25) is 10.0 Å². The summed E-state index contributed by atoms with van der Waals surface area (Å²) in [5.74, 6) is -0.795. The Morgan fingerprint density at radius 2 is 1.84 bits per heavy atom. The molecule has 0 fully saturated rings. The third-order valence-electron chi connectivity index (χ3n) is 4.44. The number of anilines is 1. The SMILES string of the molecule is CCOC(=O)Nc1ccc2c(COC(=O)c3ccc(C)c(S(N)(=O)=O)c3)cc(=O)oc2c1. The predicted molar refractivity (Wildman–Crippen MR) is 115 cm³/mol. The second-order valence-electron chi connectivity index (χ2n) is 6.75. The van der Waals surface area contributed by atoms with Gasteiger partial charge < -0.3 is 13.9 Å². The Labute approximate surface area is 183 Å². The minimum Gasteiger partial charge on any atom is -0.457 e. The maximum absolute atomic E-state index is 12.4.